The third-order valence-corrected chi connectivity index (χ3v) is 9.62. The topological polar surface area (TPSA) is 90.8 Å². The maximum Gasteiger partial charge on any atom is 0.320 e. The van der Waals surface area contributed by atoms with Gasteiger partial charge in [0, 0.05) is 51.0 Å². The van der Waals surface area contributed by atoms with Crippen LogP contribution in [0.25, 0.3) is 11.3 Å². The van der Waals surface area contributed by atoms with Crippen LogP contribution in [-0.2, 0) is 16.6 Å². The third kappa shape index (κ3) is 7.27. The van der Waals surface area contributed by atoms with Crippen LogP contribution < -0.4 is 5.32 Å². The van der Waals surface area contributed by atoms with Gasteiger partial charge in [-0.2, -0.15) is 4.31 Å². The summed E-state index contributed by atoms with van der Waals surface area (Å²) >= 11 is 0. The van der Waals surface area contributed by atoms with Crippen molar-refractivity contribution >= 4 is 16.1 Å². The summed E-state index contributed by atoms with van der Waals surface area (Å²) in [4.78, 5) is 22.9. The van der Waals surface area contributed by atoms with Crippen LogP contribution in [0.5, 0.6) is 0 Å². The Balaban J connectivity index is 1.58. The lowest BCUT2D eigenvalue weighted by Gasteiger charge is -2.45. The highest BCUT2D eigenvalue weighted by Gasteiger charge is 2.46. The standard InChI is InChI=1S/C32H43FN6O3S/c1-31(2,3)28(29-35-27(26-13-9-6-10-14-26)22-37(29)21-25-11-7-5-8-12-25)39(24-32(33)15-16-34-23-32)30(40)36-17-19-38(20-18-36)43(4,41)42/h5-14,22,28,34H,15-21,23-24H2,1-4H3/t28-,32+/m0/s1. The van der Waals surface area contributed by atoms with Crippen molar-refractivity contribution in [1.82, 2.24) is 29.0 Å². The molecule has 0 bridgehead atoms. The van der Waals surface area contributed by atoms with Gasteiger partial charge in [-0.05, 0) is 23.9 Å². The molecule has 0 unspecified atom stereocenters. The first kappa shape index (κ1) is 31.2. The minimum Gasteiger partial charge on any atom is -0.328 e. The molecule has 0 spiro atoms. The van der Waals surface area contributed by atoms with E-state index >= 15 is 4.39 Å². The maximum absolute atomic E-state index is 16.3. The van der Waals surface area contributed by atoms with E-state index in [4.69, 9.17) is 4.98 Å². The van der Waals surface area contributed by atoms with Crippen LogP contribution in [0.3, 0.4) is 0 Å². The van der Waals surface area contributed by atoms with Crippen LogP contribution in [0.2, 0.25) is 0 Å². The molecule has 0 radical (unpaired) electrons. The second-order valence-electron chi connectivity index (χ2n) is 12.9. The number of aromatic nitrogens is 2. The van der Waals surface area contributed by atoms with E-state index in [2.05, 4.69) is 42.8 Å². The van der Waals surface area contributed by atoms with Crippen molar-refractivity contribution in [2.24, 2.45) is 5.41 Å². The van der Waals surface area contributed by atoms with Crippen LogP contribution in [0.15, 0.2) is 66.9 Å². The molecular weight excluding hydrogens is 567 g/mol. The number of alkyl halides is 1. The van der Waals surface area contributed by atoms with Crippen molar-refractivity contribution in [3.63, 3.8) is 0 Å². The summed E-state index contributed by atoms with van der Waals surface area (Å²) < 4.78 is 44.1. The van der Waals surface area contributed by atoms with Crippen LogP contribution in [0.1, 0.15) is 44.6 Å². The summed E-state index contributed by atoms with van der Waals surface area (Å²) in [7, 11) is -3.37. The summed E-state index contributed by atoms with van der Waals surface area (Å²) in [6, 6.07) is 19.1. The molecule has 2 amide bonds. The molecule has 0 saturated carbocycles. The molecule has 9 nitrogen and oxygen atoms in total. The second-order valence-corrected chi connectivity index (χ2v) is 14.9. The summed E-state index contributed by atoms with van der Waals surface area (Å²) in [6.45, 7) is 8.24. The van der Waals surface area contributed by atoms with E-state index in [1.807, 2.05) is 54.7 Å². The van der Waals surface area contributed by atoms with Crippen molar-refractivity contribution in [1.29, 1.82) is 0 Å². The number of amides is 2. The Morgan fingerprint density at radius 1 is 1.05 bits per heavy atom. The SMILES string of the molecule is CC(C)(C)[C@H](c1nc(-c2ccccc2)cn1Cc1ccccc1)N(C[C@@]1(F)CCNC1)C(=O)N1CCN(S(C)(=O)=O)CC1. The van der Waals surface area contributed by atoms with Gasteiger partial charge in [0.05, 0.1) is 24.5 Å². The van der Waals surface area contributed by atoms with Crippen LogP contribution >= 0.6 is 0 Å². The monoisotopic (exact) mass is 610 g/mol. The molecule has 2 fully saturated rings. The fourth-order valence-corrected chi connectivity index (χ4v) is 6.94. The minimum absolute atomic E-state index is 0.0913. The van der Waals surface area contributed by atoms with Gasteiger partial charge in [-0.25, -0.2) is 22.6 Å². The largest absolute Gasteiger partial charge is 0.328 e. The summed E-state index contributed by atoms with van der Waals surface area (Å²) in [5, 5.41) is 3.13. The molecule has 11 heteroatoms. The van der Waals surface area contributed by atoms with E-state index < -0.39 is 27.1 Å². The normalized spacial score (nSPS) is 20.7. The quantitative estimate of drug-likeness (QED) is 0.409. The van der Waals surface area contributed by atoms with Gasteiger partial charge in [0.25, 0.3) is 0 Å². The molecule has 1 aromatic heterocycles. The lowest BCUT2D eigenvalue weighted by atomic mass is 9.84. The predicted octanol–water partition coefficient (Wildman–Crippen LogP) is 4.39. The van der Waals surface area contributed by atoms with Crippen LogP contribution in [0, 0.1) is 5.41 Å². The van der Waals surface area contributed by atoms with Crippen molar-refractivity contribution in [2.75, 3.05) is 52.1 Å². The molecule has 2 atom stereocenters. The second kappa shape index (κ2) is 12.4. The number of benzene rings is 2. The van der Waals surface area contributed by atoms with Gasteiger partial charge in [0.2, 0.25) is 10.0 Å². The van der Waals surface area contributed by atoms with Crippen LogP contribution in [0.4, 0.5) is 9.18 Å². The Kier molecular flexibility index (Phi) is 8.97. The number of halogens is 1. The Morgan fingerprint density at radius 2 is 1.67 bits per heavy atom. The summed E-state index contributed by atoms with van der Waals surface area (Å²) in [5.41, 5.74) is 0.727. The van der Waals surface area contributed by atoms with Crippen molar-refractivity contribution in [2.45, 2.75) is 45.4 Å². The lowest BCUT2D eigenvalue weighted by Crippen LogP contribution is -2.58. The highest BCUT2D eigenvalue weighted by atomic mass is 32.2. The molecule has 2 aliphatic rings. The number of hydrogen-bond donors (Lipinski definition) is 1. The number of urea groups is 1. The van der Waals surface area contributed by atoms with E-state index in [1.54, 1.807) is 9.80 Å². The van der Waals surface area contributed by atoms with Gasteiger partial charge >= 0.3 is 6.03 Å². The molecule has 5 rings (SSSR count). The van der Waals surface area contributed by atoms with E-state index in [0.29, 0.717) is 25.3 Å². The first-order chi connectivity index (χ1) is 20.3. The zero-order valence-corrected chi connectivity index (χ0v) is 26.4. The fourth-order valence-electron chi connectivity index (χ4n) is 6.11. The average molecular weight is 611 g/mol. The van der Waals surface area contributed by atoms with Gasteiger partial charge in [-0.15, -0.1) is 0 Å². The highest BCUT2D eigenvalue weighted by molar-refractivity contribution is 7.88. The number of sulfonamides is 1. The Morgan fingerprint density at radius 3 is 2.23 bits per heavy atom. The Bertz CT molecular complexity index is 1490. The number of carbonyl (C=O) groups is 1. The summed E-state index contributed by atoms with van der Waals surface area (Å²) in [5.74, 6) is 0.688. The molecule has 3 heterocycles. The van der Waals surface area contributed by atoms with Crippen molar-refractivity contribution < 1.29 is 17.6 Å². The minimum atomic E-state index is -3.37. The van der Waals surface area contributed by atoms with Crippen molar-refractivity contribution in [3.05, 3.63) is 78.2 Å². The number of nitrogens with zero attached hydrogens (tertiary/aromatic N) is 5. The molecule has 232 valence electrons. The smallest absolute Gasteiger partial charge is 0.320 e. The van der Waals surface area contributed by atoms with Crippen LogP contribution in [-0.4, -0.2) is 95.8 Å². The zero-order valence-electron chi connectivity index (χ0n) is 25.5. The first-order valence-corrected chi connectivity index (χ1v) is 16.8. The highest BCUT2D eigenvalue weighted by Crippen LogP contribution is 2.41. The molecule has 1 N–H and O–H groups in total. The first-order valence-electron chi connectivity index (χ1n) is 14.9. The number of hydrogen-bond acceptors (Lipinski definition) is 5. The molecular formula is C32H43FN6O3S. The van der Waals surface area contributed by atoms with E-state index in [9.17, 15) is 13.2 Å². The van der Waals surface area contributed by atoms with Gasteiger partial charge in [-0.1, -0.05) is 81.4 Å². The van der Waals surface area contributed by atoms with Gasteiger partial charge in [0.1, 0.15) is 11.5 Å². The number of carbonyl (C=O) groups excluding carboxylic acids is 1. The zero-order chi connectivity index (χ0) is 30.8. The molecule has 43 heavy (non-hydrogen) atoms. The molecule has 2 aromatic carbocycles. The summed E-state index contributed by atoms with van der Waals surface area (Å²) in [6.07, 6.45) is 3.51. The number of nitrogens with one attached hydrogen (secondary N) is 1. The number of rotatable bonds is 8. The van der Waals surface area contributed by atoms with Gasteiger partial charge in [-0.3, -0.25) is 0 Å². The average Bonchev–Trinajstić information content (AvgIpc) is 3.58. The number of imidazole rings is 1. The van der Waals surface area contributed by atoms with E-state index in [1.165, 1.54) is 10.6 Å². The third-order valence-electron chi connectivity index (χ3n) is 8.32. The molecule has 0 aliphatic carbocycles. The fraction of sp³-hybridized carbons (Fsp3) is 0.500. The van der Waals surface area contributed by atoms with Gasteiger partial charge in [0.15, 0.2) is 0 Å². The number of piperazine rings is 1. The molecule has 3 aromatic rings. The Hall–Kier alpha value is -3.28. The Labute approximate surface area is 254 Å². The molecule has 2 saturated heterocycles. The molecule has 2 aliphatic heterocycles. The maximum atomic E-state index is 16.3. The van der Waals surface area contributed by atoms with E-state index in [-0.39, 0.29) is 45.3 Å². The predicted molar refractivity (Wildman–Crippen MR) is 167 cm³/mol. The van der Waals surface area contributed by atoms with Gasteiger partial charge < -0.3 is 19.7 Å². The lowest BCUT2D eigenvalue weighted by molar-refractivity contribution is 0.0364. The van der Waals surface area contributed by atoms with E-state index in [0.717, 1.165) is 16.8 Å². The van der Waals surface area contributed by atoms with Crippen molar-refractivity contribution in [3.8, 4) is 11.3 Å².